The summed E-state index contributed by atoms with van der Waals surface area (Å²) in [5, 5.41) is 0. The van der Waals surface area contributed by atoms with Crippen LogP contribution in [-0.2, 0) is 4.74 Å². The molecule has 0 amide bonds. The topological polar surface area (TPSA) is 61.8 Å². The molecule has 0 atom stereocenters. The first kappa shape index (κ1) is 32.9. The summed E-state index contributed by atoms with van der Waals surface area (Å²) in [4.78, 5) is 25.1. The van der Waals surface area contributed by atoms with Crippen LogP contribution in [0.15, 0.2) is 66.7 Å². The van der Waals surface area contributed by atoms with E-state index < -0.39 is 5.97 Å². The van der Waals surface area contributed by atoms with Gasteiger partial charge in [0.1, 0.15) is 11.5 Å². The molecule has 0 aromatic heterocycles. The molecule has 0 aliphatic rings. The summed E-state index contributed by atoms with van der Waals surface area (Å²) in [5.41, 5.74) is 3.88. The normalized spacial score (nSPS) is 10.8. The van der Waals surface area contributed by atoms with Gasteiger partial charge in [0, 0.05) is 0 Å². The van der Waals surface area contributed by atoms with Crippen LogP contribution in [0.25, 0.3) is 11.1 Å². The quantitative estimate of drug-likeness (QED) is 0.0812. The van der Waals surface area contributed by atoms with Crippen LogP contribution in [0.4, 0.5) is 0 Å². The van der Waals surface area contributed by atoms with Crippen molar-refractivity contribution in [1.29, 1.82) is 0 Å². The standard InChI is InChI=1S/C37H48O5/c1-4-6-8-10-12-14-26-40-35-25-22-33(28-29(35)3)37(39)42-34-23-20-31(21-24-34)30-16-18-32(19-17-30)36(38)41-27-15-13-11-9-7-5-2/h16-25,28H,4-15,26-27H2,1-3H3. The molecule has 0 saturated carbocycles. The monoisotopic (exact) mass is 572 g/mol. The second kappa shape index (κ2) is 18.8. The van der Waals surface area contributed by atoms with Gasteiger partial charge < -0.3 is 14.2 Å². The number of carbonyl (C=O) groups is 2. The molecule has 0 unspecified atom stereocenters. The zero-order valence-corrected chi connectivity index (χ0v) is 25.8. The van der Waals surface area contributed by atoms with Gasteiger partial charge in [-0.2, -0.15) is 0 Å². The van der Waals surface area contributed by atoms with Gasteiger partial charge in [-0.25, -0.2) is 9.59 Å². The van der Waals surface area contributed by atoms with Crippen molar-refractivity contribution in [1.82, 2.24) is 0 Å². The van der Waals surface area contributed by atoms with Crippen LogP contribution >= 0.6 is 0 Å². The fourth-order valence-electron chi connectivity index (χ4n) is 4.81. The van der Waals surface area contributed by atoms with E-state index in [0.717, 1.165) is 41.7 Å². The highest BCUT2D eigenvalue weighted by Gasteiger charge is 2.12. The highest BCUT2D eigenvalue weighted by molar-refractivity contribution is 5.92. The van der Waals surface area contributed by atoms with E-state index in [2.05, 4.69) is 13.8 Å². The van der Waals surface area contributed by atoms with E-state index >= 15 is 0 Å². The molecule has 5 nitrogen and oxygen atoms in total. The second-order valence-electron chi connectivity index (χ2n) is 11.0. The van der Waals surface area contributed by atoms with Crippen molar-refractivity contribution in [2.45, 2.75) is 97.8 Å². The Morgan fingerprint density at radius 3 is 1.69 bits per heavy atom. The number of hydrogen-bond acceptors (Lipinski definition) is 5. The third kappa shape index (κ3) is 11.3. The molecule has 0 radical (unpaired) electrons. The molecule has 5 heteroatoms. The summed E-state index contributed by atoms with van der Waals surface area (Å²) in [5.74, 6) is 0.586. The summed E-state index contributed by atoms with van der Waals surface area (Å²) in [6.07, 6.45) is 14.3. The summed E-state index contributed by atoms with van der Waals surface area (Å²) >= 11 is 0. The van der Waals surface area contributed by atoms with E-state index in [9.17, 15) is 9.59 Å². The van der Waals surface area contributed by atoms with Crippen LogP contribution in [-0.4, -0.2) is 25.2 Å². The summed E-state index contributed by atoms with van der Waals surface area (Å²) < 4.78 is 17.0. The van der Waals surface area contributed by atoms with Crippen molar-refractivity contribution in [3.63, 3.8) is 0 Å². The Bertz CT molecular complexity index is 1210. The van der Waals surface area contributed by atoms with E-state index in [-0.39, 0.29) is 5.97 Å². The van der Waals surface area contributed by atoms with Gasteiger partial charge in [0.25, 0.3) is 0 Å². The lowest BCUT2D eigenvalue weighted by Gasteiger charge is -2.11. The minimum Gasteiger partial charge on any atom is -0.493 e. The van der Waals surface area contributed by atoms with Gasteiger partial charge in [0.15, 0.2) is 0 Å². The summed E-state index contributed by atoms with van der Waals surface area (Å²) in [6, 6.07) is 20.2. The SMILES string of the molecule is CCCCCCCCOC(=O)c1ccc(-c2ccc(OC(=O)c3ccc(OCCCCCCCC)c(C)c3)cc2)cc1. The van der Waals surface area contributed by atoms with Crippen LogP contribution in [0.2, 0.25) is 0 Å². The van der Waals surface area contributed by atoms with Crippen LogP contribution < -0.4 is 9.47 Å². The molecule has 0 aliphatic heterocycles. The average molecular weight is 573 g/mol. The maximum absolute atomic E-state index is 12.8. The first-order valence-electron chi connectivity index (χ1n) is 15.8. The zero-order valence-electron chi connectivity index (χ0n) is 25.8. The first-order chi connectivity index (χ1) is 20.5. The van der Waals surface area contributed by atoms with E-state index in [1.54, 1.807) is 30.3 Å². The van der Waals surface area contributed by atoms with Crippen molar-refractivity contribution < 1.29 is 23.8 Å². The maximum Gasteiger partial charge on any atom is 0.343 e. The number of benzene rings is 3. The van der Waals surface area contributed by atoms with Gasteiger partial charge in [-0.1, -0.05) is 102 Å². The lowest BCUT2D eigenvalue weighted by Crippen LogP contribution is -2.09. The predicted octanol–water partition coefficient (Wildman–Crippen LogP) is 10.1. The zero-order chi connectivity index (χ0) is 30.0. The molecule has 42 heavy (non-hydrogen) atoms. The minimum atomic E-state index is -0.405. The Morgan fingerprint density at radius 2 is 1.10 bits per heavy atom. The van der Waals surface area contributed by atoms with Crippen LogP contribution in [0.3, 0.4) is 0 Å². The molecule has 0 aliphatic carbocycles. The highest BCUT2D eigenvalue weighted by atomic mass is 16.5. The fraction of sp³-hybridized carbons (Fsp3) is 0.459. The molecular weight excluding hydrogens is 524 g/mol. The molecular formula is C37H48O5. The number of rotatable bonds is 19. The van der Waals surface area contributed by atoms with E-state index in [1.165, 1.54) is 57.8 Å². The van der Waals surface area contributed by atoms with Crippen LogP contribution in [0.5, 0.6) is 11.5 Å². The van der Waals surface area contributed by atoms with Gasteiger partial charge in [-0.05, 0) is 78.9 Å². The lowest BCUT2D eigenvalue weighted by molar-refractivity contribution is 0.0497. The Labute approximate surface area is 252 Å². The molecule has 0 heterocycles. The average Bonchev–Trinajstić information content (AvgIpc) is 3.01. The molecule has 3 aromatic rings. The molecule has 0 spiro atoms. The van der Waals surface area contributed by atoms with E-state index in [1.807, 2.05) is 43.3 Å². The number of esters is 2. The molecule has 0 bridgehead atoms. The maximum atomic E-state index is 12.8. The molecule has 0 N–H and O–H groups in total. The van der Waals surface area contributed by atoms with Crippen molar-refractivity contribution in [2.24, 2.45) is 0 Å². The minimum absolute atomic E-state index is 0.287. The number of unbranched alkanes of at least 4 members (excludes halogenated alkanes) is 10. The van der Waals surface area contributed by atoms with Gasteiger partial charge in [-0.3, -0.25) is 0 Å². The molecule has 0 saturated heterocycles. The Kier molecular flexibility index (Phi) is 14.7. The molecule has 0 fully saturated rings. The second-order valence-corrected chi connectivity index (χ2v) is 11.0. The summed E-state index contributed by atoms with van der Waals surface area (Å²) in [7, 11) is 0. The predicted molar refractivity (Wildman–Crippen MR) is 171 cm³/mol. The molecule has 3 aromatic carbocycles. The van der Waals surface area contributed by atoms with Crippen molar-refractivity contribution >= 4 is 11.9 Å². The van der Waals surface area contributed by atoms with E-state index in [0.29, 0.717) is 30.1 Å². The van der Waals surface area contributed by atoms with Gasteiger partial charge in [0.2, 0.25) is 0 Å². The van der Waals surface area contributed by atoms with Crippen LogP contribution in [0.1, 0.15) is 117 Å². The van der Waals surface area contributed by atoms with Gasteiger partial charge in [0.05, 0.1) is 24.3 Å². The smallest absolute Gasteiger partial charge is 0.343 e. The first-order valence-corrected chi connectivity index (χ1v) is 15.8. The van der Waals surface area contributed by atoms with Crippen molar-refractivity contribution in [2.75, 3.05) is 13.2 Å². The number of carbonyl (C=O) groups excluding carboxylic acids is 2. The number of hydrogen-bond donors (Lipinski definition) is 0. The van der Waals surface area contributed by atoms with E-state index in [4.69, 9.17) is 14.2 Å². The Hall–Kier alpha value is -3.60. The fourth-order valence-corrected chi connectivity index (χ4v) is 4.81. The molecule has 226 valence electrons. The third-order valence-electron chi connectivity index (χ3n) is 7.42. The molecule has 3 rings (SSSR count). The van der Waals surface area contributed by atoms with Gasteiger partial charge in [-0.15, -0.1) is 0 Å². The number of aryl methyl sites for hydroxylation is 1. The Balaban J connectivity index is 1.44. The largest absolute Gasteiger partial charge is 0.493 e. The Morgan fingerprint density at radius 1 is 0.571 bits per heavy atom. The number of ether oxygens (including phenoxy) is 3. The van der Waals surface area contributed by atoms with Gasteiger partial charge >= 0.3 is 11.9 Å². The summed E-state index contributed by atoms with van der Waals surface area (Å²) in [6.45, 7) is 7.53. The highest BCUT2D eigenvalue weighted by Crippen LogP contribution is 2.25. The van der Waals surface area contributed by atoms with Crippen molar-refractivity contribution in [3.05, 3.63) is 83.4 Å². The van der Waals surface area contributed by atoms with Crippen LogP contribution in [0, 0.1) is 6.92 Å². The van der Waals surface area contributed by atoms with Crippen molar-refractivity contribution in [3.8, 4) is 22.6 Å². The third-order valence-corrected chi connectivity index (χ3v) is 7.42. The lowest BCUT2D eigenvalue weighted by atomic mass is 10.0.